The van der Waals surface area contributed by atoms with Crippen molar-refractivity contribution in [2.45, 2.75) is 6.42 Å². The smallest absolute Gasteiger partial charge is 0.153 e. The van der Waals surface area contributed by atoms with Crippen molar-refractivity contribution in [2.75, 3.05) is 18.0 Å². The van der Waals surface area contributed by atoms with Crippen molar-refractivity contribution >= 4 is 23.0 Å². The van der Waals surface area contributed by atoms with Gasteiger partial charge in [0.05, 0.1) is 11.1 Å². The summed E-state index contributed by atoms with van der Waals surface area (Å²) in [7, 11) is 0. The van der Waals surface area contributed by atoms with Crippen LogP contribution in [0.2, 0.25) is 0 Å². The van der Waals surface area contributed by atoms with E-state index in [2.05, 4.69) is 22.0 Å². The average Bonchev–Trinajstić information content (AvgIpc) is 2.46. The number of pyridine rings is 1. The van der Waals surface area contributed by atoms with Crippen LogP contribution in [0.25, 0.3) is 10.9 Å². The van der Waals surface area contributed by atoms with Gasteiger partial charge in [0.25, 0.3) is 0 Å². The SMILES string of the molecule is O=Cc1cc2ccccc2nc1N1CC=CCC1. The molecule has 1 aliphatic heterocycles. The molecule has 0 aliphatic carbocycles. The molecule has 1 aromatic heterocycles. The molecule has 90 valence electrons. The summed E-state index contributed by atoms with van der Waals surface area (Å²) in [5.74, 6) is 0.799. The number of nitrogens with zero attached hydrogens (tertiary/aromatic N) is 2. The van der Waals surface area contributed by atoms with Gasteiger partial charge in [-0.3, -0.25) is 4.79 Å². The minimum Gasteiger partial charge on any atom is -0.352 e. The normalized spacial score (nSPS) is 15.0. The zero-order valence-corrected chi connectivity index (χ0v) is 10.0. The van der Waals surface area contributed by atoms with E-state index >= 15 is 0 Å². The van der Waals surface area contributed by atoms with Crippen LogP contribution in [0, 0.1) is 0 Å². The molecule has 0 spiro atoms. The average molecular weight is 238 g/mol. The molecular formula is C15H14N2O. The standard InChI is InChI=1S/C15H14N2O/c18-11-13-10-12-6-2-3-7-14(12)16-15(13)17-8-4-1-5-9-17/h1-4,6-7,10-11H,5,8-9H2. The molecule has 18 heavy (non-hydrogen) atoms. The Labute approximate surface area is 106 Å². The molecule has 3 nitrogen and oxygen atoms in total. The number of hydrogen-bond acceptors (Lipinski definition) is 3. The van der Waals surface area contributed by atoms with Crippen LogP contribution in [-0.4, -0.2) is 24.4 Å². The molecule has 0 N–H and O–H groups in total. The topological polar surface area (TPSA) is 33.2 Å². The fraction of sp³-hybridized carbons (Fsp3) is 0.200. The maximum Gasteiger partial charge on any atom is 0.153 e. The fourth-order valence-electron chi connectivity index (χ4n) is 2.30. The van der Waals surface area contributed by atoms with Gasteiger partial charge in [-0.1, -0.05) is 30.4 Å². The number of anilines is 1. The highest BCUT2D eigenvalue weighted by molar-refractivity contribution is 5.91. The first kappa shape index (κ1) is 11.0. The molecular weight excluding hydrogens is 224 g/mol. The Morgan fingerprint density at radius 3 is 2.89 bits per heavy atom. The predicted molar refractivity (Wildman–Crippen MR) is 73.1 cm³/mol. The van der Waals surface area contributed by atoms with Gasteiger partial charge in [0.15, 0.2) is 6.29 Å². The summed E-state index contributed by atoms with van der Waals surface area (Å²) >= 11 is 0. The van der Waals surface area contributed by atoms with Crippen molar-refractivity contribution in [3.8, 4) is 0 Å². The third-order valence-corrected chi connectivity index (χ3v) is 3.22. The zero-order valence-electron chi connectivity index (χ0n) is 10.0. The summed E-state index contributed by atoms with van der Waals surface area (Å²) in [6.07, 6.45) is 6.19. The van der Waals surface area contributed by atoms with Crippen LogP contribution in [0.15, 0.2) is 42.5 Å². The Kier molecular flexibility index (Phi) is 2.81. The van der Waals surface area contributed by atoms with Crippen molar-refractivity contribution in [1.82, 2.24) is 4.98 Å². The van der Waals surface area contributed by atoms with Crippen LogP contribution in [0.4, 0.5) is 5.82 Å². The molecule has 2 heterocycles. The minimum atomic E-state index is 0.670. The molecule has 1 aromatic carbocycles. The first-order valence-corrected chi connectivity index (χ1v) is 6.13. The van der Waals surface area contributed by atoms with Crippen LogP contribution < -0.4 is 4.90 Å². The van der Waals surface area contributed by atoms with E-state index < -0.39 is 0 Å². The van der Waals surface area contributed by atoms with Gasteiger partial charge in [0, 0.05) is 18.5 Å². The number of aromatic nitrogens is 1. The molecule has 0 atom stereocenters. The summed E-state index contributed by atoms with van der Waals surface area (Å²) in [4.78, 5) is 18.0. The van der Waals surface area contributed by atoms with E-state index in [0.717, 1.165) is 42.5 Å². The van der Waals surface area contributed by atoms with E-state index in [0.29, 0.717) is 5.56 Å². The zero-order chi connectivity index (χ0) is 12.4. The summed E-state index contributed by atoms with van der Waals surface area (Å²) in [5.41, 5.74) is 1.61. The van der Waals surface area contributed by atoms with Gasteiger partial charge < -0.3 is 4.90 Å². The van der Waals surface area contributed by atoms with E-state index in [1.165, 1.54) is 0 Å². The Balaban J connectivity index is 2.14. The number of carbonyl (C=O) groups is 1. The lowest BCUT2D eigenvalue weighted by molar-refractivity contribution is 0.112. The first-order chi connectivity index (χ1) is 8.88. The number of para-hydroxylation sites is 1. The molecule has 0 saturated heterocycles. The van der Waals surface area contributed by atoms with Crippen LogP contribution in [-0.2, 0) is 0 Å². The molecule has 0 unspecified atom stereocenters. The monoisotopic (exact) mass is 238 g/mol. The van der Waals surface area contributed by atoms with Crippen molar-refractivity contribution < 1.29 is 4.79 Å². The molecule has 0 fully saturated rings. The third kappa shape index (κ3) is 1.88. The maximum atomic E-state index is 11.2. The summed E-state index contributed by atoms with van der Waals surface area (Å²) in [6.45, 7) is 1.74. The lowest BCUT2D eigenvalue weighted by atomic mass is 10.1. The lowest BCUT2D eigenvalue weighted by Crippen LogP contribution is -2.28. The molecule has 0 amide bonds. The Hall–Kier alpha value is -2.16. The quantitative estimate of drug-likeness (QED) is 0.596. The van der Waals surface area contributed by atoms with Crippen LogP contribution in [0.3, 0.4) is 0 Å². The number of benzene rings is 1. The van der Waals surface area contributed by atoms with E-state index in [1.807, 2.05) is 30.3 Å². The fourth-order valence-corrected chi connectivity index (χ4v) is 2.30. The minimum absolute atomic E-state index is 0.670. The van der Waals surface area contributed by atoms with Crippen LogP contribution in [0.5, 0.6) is 0 Å². The van der Waals surface area contributed by atoms with E-state index in [9.17, 15) is 4.79 Å². The van der Waals surface area contributed by atoms with Gasteiger partial charge >= 0.3 is 0 Å². The second-order valence-electron chi connectivity index (χ2n) is 4.42. The lowest BCUT2D eigenvalue weighted by Gasteiger charge is -2.25. The van der Waals surface area contributed by atoms with Gasteiger partial charge in [-0.15, -0.1) is 0 Å². The second kappa shape index (κ2) is 4.61. The Morgan fingerprint density at radius 2 is 2.11 bits per heavy atom. The van der Waals surface area contributed by atoms with E-state index in [1.54, 1.807) is 0 Å². The molecule has 3 heteroatoms. The molecule has 3 rings (SSSR count). The number of fused-ring (bicyclic) bond motifs is 1. The van der Waals surface area contributed by atoms with Gasteiger partial charge in [-0.2, -0.15) is 0 Å². The molecule has 2 aromatic rings. The van der Waals surface area contributed by atoms with Gasteiger partial charge in [0.2, 0.25) is 0 Å². The van der Waals surface area contributed by atoms with Gasteiger partial charge in [-0.25, -0.2) is 4.98 Å². The van der Waals surface area contributed by atoms with Crippen molar-refractivity contribution in [2.24, 2.45) is 0 Å². The summed E-state index contributed by atoms with van der Waals surface area (Å²) < 4.78 is 0. The second-order valence-corrected chi connectivity index (χ2v) is 4.42. The Bertz CT molecular complexity index is 619. The molecule has 0 saturated carbocycles. The van der Waals surface area contributed by atoms with Gasteiger partial charge in [0.1, 0.15) is 5.82 Å². The number of carbonyl (C=O) groups excluding carboxylic acids is 1. The third-order valence-electron chi connectivity index (χ3n) is 3.22. The highest BCUT2D eigenvalue weighted by atomic mass is 16.1. The molecule has 1 aliphatic rings. The first-order valence-electron chi connectivity index (χ1n) is 6.13. The number of hydrogen-bond donors (Lipinski definition) is 0. The van der Waals surface area contributed by atoms with Gasteiger partial charge in [-0.05, 0) is 18.6 Å². The van der Waals surface area contributed by atoms with Crippen LogP contribution in [0.1, 0.15) is 16.8 Å². The van der Waals surface area contributed by atoms with Crippen molar-refractivity contribution in [3.63, 3.8) is 0 Å². The molecule has 0 bridgehead atoms. The summed E-state index contributed by atoms with van der Waals surface area (Å²) in [6, 6.07) is 9.81. The Morgan fingerprint density at radius 1 is 1.22 bits per heavy atom. The molecule has 0 radical (unpaired) electrons. The number of aldehydes is 1. The van der Waals surface area contributed by atoms with E-state index in [-0.39, 0.29) is 0 Å². The highest BCUT2D eigenvalue weighted by Crippen LogP contribution is 2.23. The van der Waals surface area contributed by atoms with E-state index in [4.69, 9.17) is 0 Å². The van der Waals surface area contributed by atoms with Crippen LogP contribution >= 0.6 is 0 Å². The summed E-state index contributed by atoms with van der Waals surface area (Å²) in [5, 5.41) is 1.01. The largest absolute Gasteiger partial charge is 0.352 e. The maximum absolute atomic E-state index is 11.2. The number of rotatable bonds is 2. The van der Waals surface area contributed by atoms with Crippen molar-refractivity contribution in [3.05, 3.63) is 48.0 Å². The highest BCUT2D eigenvalue weighted by Gasteiger charge is 2.14. The predicted octanol–water partition coefficient (Wildman–Crippen LogP) is 2.81. The van der Waals surface area contributed by atoms with Crippen molar-refractivity contribution in [1.29, 1.82) is 0 Å².